The molecule has 3 heteroatoms. The maximum Gasteiger partial charge on any atom is 0.255 e. The molecule has 0 aliphatic rings. The molecule has 0 fully saturated rings. The highest BCUT2D eigenvalue weighted by atomic mass is 16.5. The van der Waals surface area contributed by atoms with E-state index < -0.39 is 0 Å². The van der Waals surface area contributed by atoms with E-state index in [9.17, 15) is 4.79 Å². The Balaban J connectivity index is 1.90. The Bertz CT molecular complexity index is 1310. The first kappa shape index (κ1) is 23.1. The van der Waals surface area contributed by atoms with Crippen LogP contribution in [0.5, 0.6) is 5.75 Å². The van der Waals surface area contributed by atoms with Crippen LogP contribution in [0.3, 0.4) is 0 Å². The minimum absolute atomic E-state index is 0.144. The first-order valence-corrected chi connectivity index (χ1v) is 11.4. The second-order valence-corrected chi connectivity index (χ2v) is 8.54. The van der Waals surface area contributed by atoms with E-state index in [2.05, 4.69) is 50.0 Å². The number of hydrogen-bond donors (Lipinski definition) is 1. The van der Waals surface area contributed by atoms with E-state index in [0.29, 0.717) is 5.56 Å². The second kappa shape index (κ2) is 10.2. The number of amides is 1. The highest BCUT2D eigenvalue weighted by molar-refractivity contribution is 6.07. The van der Waals surface area contributed by atoms with Crippen LogP contribution < -0.4 is 10.1 Å². The summed E-state index contributed by atoms with van der Waals surface area (Å²) < 4.78 is 5.44. The molecular formula is C31H29NO2. The molecule has 34 heavy (non-hydrogen) atoms. The van der Waals surface area contributed by atoms with Gasteiger partial charge in [-0.1, -0.05) is 81.1 Å². The molecule has 0 saturated heterocycles. The molecule has 0 atom stereocenters. The van der Waals surface area contributed by atoms with Gasteiger partial charge in [-0.05, 0) is 70.1 Å². The Hall–Kier alpha value is -4.11. The van der Waals surface area contributed by atoms with Crippen molar-refractivity contribution in [3.63, 3.8) is 0 Å². The number of nitrogens with one attached hydrogen (secondary N) is 1. The van der Waals surface area contributed by atoms with Gasteiger partial charge < -0.3 is 10.1 Å². The standard InChI is InChI=1S/C31H29NO2/c1-21(2)28-19-26(23-12-7-5-8-13-23)20-29(22(3)25-16-11-17-27(18-25)34-4)30(28)32-31(33)24-14-9-6-10-15-24/h5-21H,3H2,1-2,4H3,(H,32,33). The molecule has 0 aliphatic heterocycles. The van der Waals surface area contributed by atoms with E-state index in [1.807, 2.05) is 72.8 Å². The number of ether oxygens (including phenoxy) is 1. The monoisotopic (exact) mass is 447 g/mol. The van der Waals surface area contributed by atoms with Gasteiger partial charge in [-0.3, -0.25) is 4.79 Å². The van der Waals surface area contributed by atoms with Crippen LogP contribution in [0.2, 0.25) is 0 Å². The van der Waals surface area contributed by atoms with Crippen LogP contribution in [-0.2, 0) is 0 Å². The Morgan fingerprint density at radius 1 is 0.794 bits per heavy atom. The number of hydrogen-bond acceptors (Lipinski definition) is 2. The lowest BCUT2D eigenvalue weighted by Crippen LogP contribution is -2.15. The molecule has 0 heterocycles. The van der Waals surface area contributed by atoms with Gasteiger partial charge in [0.2, 0.25) is 0 Å². The summed E-state index contributed by atoms with van der Waals surface area (Å²) in [6, 6.07) is 31.7. The van der Waals surface area contributed by atoms with Crippen molar-refractivity contribution in [1.82, 2.24) is 0 Å². The fourth-order valence-electron chi connectivity index (χ4n) is 4.04. The normalized spacial score (nSPS) is 10.7. The average molecular weight is 448 g/mol. The lowest BCUT2D eigenvalue weighted by Gasteiger charge is -2.22. The van der Waals surface area contributed by atoms with Gasteiger partial charge in [0, 0.05) is 11.1 Å². The van der Waals surface area contributed by atoms with Gasteiger partial charge in [-0.15, -0.1) is 0 Å². The van der Waals surface area contributed by atoms with E-state index in [0.717, 1.165) is 44.8 Å². The van der Waals surface area contributed by atoms with Crippen molar-refractivity contribution in [3.8, 4) is 16.9 Å². The number of methoxy groups -OCH3 is 1. The molecule has 4 aromatic rings. The zero-order valence-electron chi connectivity index (χ0n) is 19.8. The fraction of sp³-hybridized carbons (Fsp3) is 0.129. The lowest BCUT2D eigenvalue weighted by atomic mass is 9.88. The highest BCUT2D eigenvalue weighted by Crippen LogP contribution is 2.39. The Morgan fingerprint density at radius 3 is 2.09 bits per heavy atom. The summed E-state index contributed by atoms with van der Waals surface area (Å²) in [5, 5.41) is 3.20. The lowest BCUT2D eigenvalue weighted by molar-refractivity contribution is 0.102. The summed E-state index contributed by atoms with van der Waals surface area (Å²) in [4.78, 5) is 13.2. The summed E-state index contributed by atoms with van der Waals surface area (Å²) in [6.07, 6.45) is 0. The molecule has 1 amide bonds. The molecule has 4 aromatic carbocycles. The Kier molecular flexibility index (Phi) is 6.93. The average Bonchev–Trinajstić information content (AvgIpc) is 2.89. The van der Waals surface area contributed by atoms with Crippen molar-refractivity contribution >= 4 is 17.2 Å². The summed E-state index contributed by atoms with van der Waals surface area (Å²) in [7, 11) is 1.65. The molecule has 1 N–H and O–H groups in total. The predicted molar refractivity (Wildman–Crippen MR) is 141 cm³/mol. The third-order valence-electron chi connectivity index (χ3n) is 5.92. The van der Waals surface area contributed by atoms with Crippen LogP contribution in [0, 0.1) is 0 Å². The molecule has 0 saturated carbocycles. The molecule has 170 valence electrons. The molecule has 0 aliphatic carbocycles. The predicted octanol–water partition coefficient (Wildman–Crippen LogP) is 7.80. The van der Waals surface area contributed by atoms with E-state index in [1.54, 1.807) is 7.11 Å². The number of anilines is 1. The topological polar surface area (TPSA) is 38.3 Å². The molecule has 0 spiro atoms. The third-order valence-corrected chi connectivity index (χ3v) is 5.92. The van der Waals surface area contributed by atoms with Crippen LogP contribution in [-0.4, -0.2) is 13.0 Å². The number of rotatable bonds is 7. The van der Waals surface area contributed by atoms with E-state index in [-0.39, 0.29) is 11.8 Å². The quantitative estimate of drug-likeness (QED) is 0.314. The van der Waals surface area contributed by atoms with Crippen LogP contribution in [0.15, 0.2) is 104 Å². The van der Waals surface area contributed by atoms with Crippen LogP contribution in [0.4, 0.5) is 5.69 Å². The molecule has 0 bridgehead atoms. The number of benzene rings is 4. The third kappa shape index (κ3) is 4.94. The Morgan fingerprint density at radius 2 is 1.44 bits per heavy atom. The first-order chi connectivity index (χ1) is 16.5. The fourth-order valence-corrected chi connectivity index (χ4v) is 4.04. The minimum Gasteiger partial charge on any atom is -0.497 e. The van der Waals surface area contributed by atoms with Gasteiger partial charge in [0.15, 0.2) is 0 Å². The summed E-state index contributed by atoms with van der Waals surface area (Å²) >= 11 is 0. The molecule has 0 aromatic heterocycles. The van der Waals surface area contributed by atoms with Crippen LogP contribution >= 0.6 is 0 Å². The van der Waals surface area contributed by atoms with Crippen molar-refractivity contribution < 1.29 is 9.53 Å². The second-order valence-electron chi connectivity index (χ2n) is 8.54. The zero-order chi connectivity index (χ0) is 24.1. The van der Waals surface area contributed by atoms with Crippen molar-refractivity contribution in [3.05, 3.63) is 126 Å². The van der Waals surface area contributed by atoms with Gasteiger partial charge in [0.05, 0.1) is 12.8 Å². The summed E-state index contributed by atoms with van der Waals surface area (Å²) in [6.45, 7) is 8.72. The van der Waals surface area contributed by atoms with E-state index in [4.69, 9.17) is 4.74 Å². The van der Waals surface area contributed by atoms with Gasteiger partial charge in [-0.25, -0.2) is 0 Å². The molecule has 4 rings (SSSR count). The van der Waals surface area contributed by atoms with Crippen molar-refractivity contribution in [2.24, 2.45) is 0 Å². The molecule has 0 unspecified atom stereocenters. The van der Waals surface area contributed by atoms with Crippen LogP contribution in [0.25, 0.3) is 16.7 Å². The first-order valence-electron chi connectivity index (χ1n) is 11.4. The Labute approximate surface area is 201 Å². The summed E-state index contributed by atoms with van der Waals surface area (Å²) in [5.74, 6) is 0.804. The largest absolute Gasteiger partial charge is 0.497 e. The molecule has 3 nitrogen and oxygen atoms in total. The SMILES string of the molecule is C=C(c1cccc(OC)c1)c1cc(-c2ccccc2)cc(C(C)C)c1NC(=O)c1ccccc1. The number of carbonyl (C=O) groups is 1. The van der Waals surface area contributed by atoms with Gasteiger partial charge >= 0.3 is 0 Å². The van der Waals surface area contributed by atoms with Crippen molar-refractivity contribution in [2.45, 2.75) is 19.8 Å². The van der Waals surface area contributed by atoms with Crippen LogP contribution in [0.1, 0.15) is 46.8 Å². The minimum atomic E-state index is -0.144. The summed E-state index contributed by atoms with van der Waals surface area (Å²) in [5.41, 5.74) is 7.31. The number of carbonyl (C=O) groups excluding carboxylic acids is 1. The van der Waals surface area contributed by atoms with Gasteiger partial charge in [0.25, 0.3) is 5.91 Å². The molecular weight excluding hydrogens is 418 g/mol. The van der Waals surface area contributed by atoms with Crippen molar-refractivity contribution in [2.75, 3.05) is 12.4 Å². The van der Waals surface area contributed by atoms with Gasteiger partial charge in [0.1, 0.15) is 5.75 Å². The smallest absolute Gasteiger partial charge is 0.255 e. The highest BCUT2D eigenvalue weighted by Gasteiger charge is 2.20. The van der Waals surface area contributed by atoms with E-state index in [1.165, 1.54) is 0 Å². The zero-order valence-corrected chi connectivity index (χ0v) is 19.8. The maximum absolute atomic E-state index is 13.2. The maximum atomic E-state index is 13.2. The molecule has 0 radical (unpaired) electrons. The van der Waals surface area contributed by atoms with Crippen molar-refractivity contribution in [1.29, 1.82) is 0 Å². The van der Waals surface area contributed by atoms with E-state index >= 15 is 0 Å². The van der Waals surface area contributed by atoms with Gasteiger partial charge in [-0.2, -0.15) is 0 Å².